The summed E-state index contributed by atoms with van der Waals surface area (Å²) in [6.45, 7) is 4.20. The first-order valence-electron chi connectivity index (χ1n) is 13.3. The Morgan fingerprint density at radius 3 is 2.73 bits per heavy atom. The quantitative estimate of drug-likeness (QED) is 0.211. The van der Waals surface area contributed by atoms with Crippen LogP contribution in [0.4, 0.5) is 23.0 Å². The van der Waals surface area contributed by atoms with E-state index < -0.39 is 5.97 Å². The van der Waals surface area contributed by atoms with Crippen molar-refractivity contribution in [1.29, 1.82) is 0 Å². The van der Waals surface area contributed by atoms with Gasteiger partial charge in [0, 0.05) is 56.1 Å². The number of aromatic nitrogens is 3. The highest BCUT2D eigenvalue weighted by atomic mass is 16.6. The maximum Gasteiger partial charge on any atom is 0.339 e. The van der Waals surface area contributed by atoms with Crippen LogP contribution in [0, 0.1) is 10.1 Å². The van der Waals surface area contributed by atoms with Crippen molar-refractivity contribution in [1.82, 2.24) is 19.4 Å². The third-order valence-corrected chi connectivity index (χ3v) is 7.42. The van der Waals surface area contributed by atoms with E-state index in [-0.39, 0.29) is 22.1 Å². The van der Waals surface area contributed by atoms with E-state index in [4.69, 9.17) is 0 Å². The Morgan fingerprint density at radius 2 is 2.02 bits per heavy atom. The molecule has 2 N–H and O–H groups in total. The number of carboxylic acid groups (broad SMARTS) is 1. The van der Waals surface area contributed by atoms with Gasteiger partial charge in [-0.25, -0.2) is 14.8 Å². The predicted molar refractivity (Wildman–Crippen MR) is 156 cm³/mol. The second-order valence-corrected chi connectivity index (χ2v) is 10.4. The van der Waals surface area contributed by atoms with Crippen LogP contribution in [0.2, 0.25) is 0 Å². The highest BCUT2D eigenvalue weighted by Gasteiger charge is 2.24. The number of nitro groups is 1. The van der Waals surface area contributed by atoms with Crippen LogP contribution in [0.25, 0.3) is 22.2 Å². The van der Waals surface area contributed by atoms with E-state index in [2.05, 4.69) is 25.9 Å². The van der Waals surface area contributed by atoms with E-state index in [0.717, 1.165) is 48.0 Å². The largest absolute Gasteiger partial charge is 0.478 e. The van der Waals surface area contributed by atoms with Gasteiger partial charge in [0.15, 0.2) is 0 Å². The molecule has 4 aromatic rings. The smallest absolute Gasteiger partial charge is 0.339 e. The van der Waals surface area contributed by atoms with Crippen LogP contribution in [-0.2, 0) is 19.4 Å². The second-order valence-electron chi connectivity index (χ2n) is 10.4. The Hall–Kier alpha value is -4.51. The standard InChI is InChI=1S/C29H33N7O4/c1-5-18-14-24(34(4)13-12-33(2)3)25(36(39)40)15-23(18)31-29-30-16-21(28(37)38)26(32-29)22-17-35-11-7-9-19-8-6-10-20(22)27(19)35/h6,8,10,14-17H,5,7,9,11-13H2,1-4H3,(H,37,38)(H,30,31,32). The van der Waals surface area contributed by atoms with E-state index in [1.165, 1.54) is 17.8 Å². The summed E-state index contributed by atoms with van der Waals surface area (Å²) in [7, 11) is 5.76. The van der Waals surface area contributed by atoms with E-state index >= 15 is 0 Å². The van der Waals surface area contributed by atoms with Crippen LogP contribution in [-0.4, -0.2) is 69.7 Å². The van der Waals surface area contributed by atoms with Gasteiger partial charge in [0.1, 0.15) is 11.3 Å². The molecule has 0 aliphatic carbocycles. The lowest BCUT2D eigenvalue weighted by molar-refractivity contribution is -0.384. The summed E-state index contributed by atoms with van der Waals surface area (Å²) in [5.41, 5.74) is 5.23. The van der Waals surface area contributed by atoms with E-state index in [0.29, 0.717) is 30.0 Å². The Bertz CT molecular complexity index is 1610. The molecule has 40 heavy (non-hydrogen) atoms. The number of nitrogens with one attached hydrogen (secondary N) is 1. The van der Waals surface area contributed by atoms with Crippen LogP contribution in [0.3, 0.4) is 0 Å². The maximum atomic E-state index is 12.2. The van der Waals surface area contributed by atoms with Gasteiger partial charge in [0.05, 0.1) is 21.8 Å². The summed E-state index contributed by atoms with van der Waals surface area (Å²) in [6.07, 6.45) is 5.87. The minimum absolute atomic E-state index is 0.00573. The van der Waals surface area contributed by atoms with Gasteiger partial charge in [-0.3, -0.25) is 10.1 Å². The number of likely N-dealkylation sites (N-methyl/N-ethyl adjacent to an activating group) is 2. The molecule has 0 bridgehead atoms. The summed E-state index contributed by atoms with van der Waals surface area (Å²) in [4.78, 5) is 36.7. The number of anilines is 3. The molecule has 5 rings (SSSR count). The fourth-order valence-corrected chi connectivity index (χ4v) is 5.32. The first kappa shape index (κ1) is 27.1. The minimum atomic E-state index is -1.12. The lowest BCUT2D eigenvalue weighted by Gasteiger charge is -2.23. The molecule has 0 unspecified atom stereocenters. The molecule has 11 heteroatoms. The van der Waals surface area contributed by atoms with E-state index in [1.807, 2.05) is 62.3 Å². The van der Waals surface area contributed by atoms with Crippen LogP contribution in [0.5, 0.6) is 0 Å². The summed E-state index contributed by atoms with van der Waals surface area (Å²) >= 11 is 0. The van der Waals surface area contributed by atoms with Gasteiger partial charge in [0.25, 0.3) is 5.69 Å². The van der Waals surface area contributed by atoms with Crippen molar-refractivity contribution in [3.8, 4) is 11.3 Å². The van der Waals surface area contributed by atoms with Crippen molar-refractivity contribution >= 4 is 39.9 Å². The molecule has 208 valence electrons. The number of para-hydroxylation sites is 1. The van der Waals surface area contributed by atoms with Gasteiger partial charge < -0.3 is 24.8 Å². The Kier molecular flexibility index (Phi) is 7.40. The highest BCUT2D eigenvalue weighted by molar-refractivity contribution is 6.03. The fraction of sp³-hybridized carbons (Fsp3) is 0.345. The zero-order chi connectivity index (χ0) is 28.6. The molecular formula is C29H33N7O4. The SMILES string of the molecule is CCc1cc(N(C)CCN(C)C)c([N+](=O)[O-])cc1Nc1ncc(C(=O)O)c(-c2cn3c4c(cccc24)CCC3)n1. The first-order chi connectivity index (χ1) is 19.2. The summed E-state index contributed by atoms with van der Waals surface area (Å²) in [5, 5.41) is 26.1. The minimum Gasteiger partial charge on any atom is -0.478 e. The van der Waals surface area contributed by atoms with Gasteiger partial charge >= 0.3 is 5.97 Å². The maximum absolute atomic E-state index is 12.2. The van der Waals surface area contributed by atoms with E-state index in [1.54, 1.807) is 0 Å². The van der Waals surface area contributed by atoms with Gasteiger partial charge in [-0.15, -0.1) is 0 Å². The highest BCUT2D eigenvalue weighted by Crippen LogP contribution is 2.38. The van der Waals surface area contributed by atoms with Crippen molar-refractivity contribution in [2.45, 2.75) is 32.7 Å². The molecule has 2 aromatic heterocycles. The van der Waals surface area contributed by atoms with E-state index in [9.17, 15) is 20.0 Å². The first-order valence-corrected chi connectivity index (χ1v) is 13.3. The van der Waals surface area contributed by atoms with Crippen molar-refractivity contribution in [2.24, 2.45) is 0 Å². The number of benzene rings is 2. The zero-order valence-electron chi connectivity index (χ0n) is 23.1. The van der Waals surface area contributed by atoms with Crippen molar-refractivity contribution in [2.75, 3.05) is 44.4 Å². The number of carbonyl (C=O) groups is 1. The molecule has 0 atom stereocenters. The molecule has 0 spiro atoms. The number of aryl methyl sites for hydroxylation is 3. The monoisotopic (exact) mass is 543 g/mol. The van der Waals surface area contributed by atoms with Crippen molar-refractivity contribution in [3.63, 3.8) is 0 Å². The summed E-state index contributed by atoms with van der Waals surface area (Å²) in [5.74, 6) is -0.951. The zero-order valence-corrected chi connectivity index (χ0v) is 23.1. The molecule has 0 saturated carbocycles. The number of hydrogen-bond donors (Lipinski definition) is 2. The van der Waals surface area contributed by atoms with Gasteiger partial charge in [-0.05, 0) is 50.6 Å². The van der Waals surface area contributed by atoms with Crippen LogP contribution < -0.4 is 10.2 Å². The summed E-state index contributed by atoms with van der Waals surface area (Å²) in [6, 6.07) is 9.42. The Labute approximate surface area is 232 Å². The normalized spacial score (nSPS) is 12.6. The lowest BCUT2D eigenvalue weighted by atomic mass is 10.0. The number of nitro benzene ring substituents is 1. The van der Waals surface area contributed by atoms with Crippen molar-refractivity contribution < 1.29 is 14.8 Å². The molecule has 0 saturated heterocycles. The number of rotatable bonds is 10. The number of carboxylic acids is 1. The fourth-order valence-electron chi connectivity index (χ4n) is 5.32. The molecule has 0 amide bonds. The molecule has 0 radical (unpaired) electrons. The second kappa shape index (κ2) is 10.9. The van der Waals surface area contributed by atoms with Gasteiger partial charge in [0.2, 0.25) is 5.95 Å². The Morgan fingerprint density at radius 1 is 1.23 bits per heavy atom. The molecule has 0 fully saturated rings. The predicted octanol–water partition coefficient (Wildman–Crippen LogP) is 4.95. The number of hydrogen-bond acceptors (Lipinski definition) is 8. The molecule has 11 nitrogen and oxygen atoms in total. The third kappa shape index (κ3) is 5.07. The third-order valence-electron chi connectivity index (χ3n) is 7.42. The van der Waals surface area contributed by atoms with Gasteiger partial charge in [-0.2, -0.15) is 0 Å². The summed E-state index contributed by atoms with van der Waals surface area (Å²) < 4.78 is 2.16. The average molecular weight is 544 g/mol. The van der Waals surface area contributed by atoms with Crippen LogP contribution in [0.1, 0.15) is 34.8 Å². The molecular weight excluding hydrogens is 510 g/mol. The van der Waals surface area contributed by atoms with Crippen LogP contribution >= 0.6 is 0 Å². The molecule has 2 aromatic carbocycles. The average Bonchev–Trinajstić information content (AvgIpc) is 3.31. The Balaban J connectivity index is 1.58. The lowest BCUT2D eigenvalue weighted by Crippen LogP contribution is -2.29. The van der Waals surface area contributed by atoms with Gasteiger partial charge in [-0.1, -0.05) is 25.1 Å². The molecule has 1 aliphatic heterocycles. The number of nitrogens with zero attached hydrogens (tertiary/aromatic N) is 6. The molecule has 1 aliphatic rings. The molecule has 3 heterocycles. The number of aromatic carboxylic acids is 1. The van der Waals surface area contributed by atoms with Crippen LogP contribution in [0.15, 0.2) is 42.7 Å². The topological polar surface area (TPSA) is 130 Å². The van der Waals surface area contributed by atoms with Crippen molar-refractivity contribution in [3.05, 3.63) is 69.5 Å².